The molecule has 0 spiro atoms. The van der Waals surface area contributed by atoms with Crippen molar-refractivity contribution in [3.63, 3.8) is 0 Å². The highest BCUT2D eigenvalue weighted by Crippen LogP contribution is 2.24. The van der Waals surface area contributed by atoms with Crippen molar-refractivity contribution in [1.82, 2.24) is 10.2 Å². The summed E-state index contributed by atoms with van der Waals surface area (Å²) in [5, 5.41) is 10.4. The van der Waals surface area contributed by atoms with Gasteiger partial charge in [-0.3, -0.25) is 9.89 Å². The molecule has 4 rings (SSSR count). The smallest absolute Gasteiger partial charge is 0.337 e. The maximum absolute atomic E-state index is 13.5. The zero-order chi connectivity index (χ0) is 22.0. The van der Waals surface area contributed by atoms with E-state index in [1.807, 2.05) is 6.07 Å². The number of H-pyrrole nitrogens is 1. The van der Waals surface area contributed by atoms with Crippen molar-refractivity contribution >= 4 is 28.6 Å². The van der Waals surface area contributed by atoms with Gasteiger partial charge in [0.05, 0.1) is 18.2 Å². The van der Waals surface area contributed by atoms with Crippen molar-refractivity contribution in [2.45, 2.75) is 6.42 Å². The number of carbonyl (C=O) groups excluding carboxylic acids is 2. The molecule has 1 aromatic heterocycles. The second-order valence-corrected chi connectivity index (χ2v) is 6.93. The van der Waals surface area contributed by atoms with Crippen LogP contribution in [0.3, 0.4) is 0 Å². The predicted octanol–water partition coefficient (Wildman–Crippen LogP) is 4.47. The third-order valence-corrected chi connectivity index (χ3v) is 4.76. The first-order valence-electron chi connectivity index (χ1n) is 9.34. The Balaban J connectivity index is 1.56. The fraction of sp³-hybridized carbons (Fsp3) is 0.0870. The summed E-state index contributed by atoms with van der Waals surface area (Å²) in [7, 11) is 1.28. The van der Waals surface area contributed by atoms with E-state index in [4.69, 9.17) is 0 Å². The Morgan fingerprint density at radius 2 is 1.61 bits per heavy atom. The number of rotatable bonds is 5. The highest BCUT2D eigenvalue weighted by atomic mass is 19.1. The third kappa shape index (κ3) is 4.42. The van der Waals surface area contributed by atoms with Crippen LogP contribution in [0.5, 0.6) is 0 Å². The number of anilines is 1. The van der Waals surface area contributed by atoms with Crippen LogP contribution in [0.25, 0.3) is 10.9 Å². The molecule has 0 atom stereocenters. The van der Waals surface area contributed by atoms with E-state index in [9.17, 15) is 18.4 Å². The molecule has 8 heteroatoms. The summed E-state index contributed by atoms with van der Waals surface area (Å²) < 4.78 is 31.6. The standard InChI is InChI=1S/C23H17F2N3O3/c1-31-23(30)16-5-3-15(4-6-16)22(29)26-21-19-11-13(2-7-20(19)27-28-21)8-14-9-17(24)12-18(25)10-14/h2-7,9-12H,8H2,1H3,(H2,26,27,28,29). The molecule has 1 heterocycles. The second-order valence-electron chi connectivity index (χ2n) is 6.93. The first-order valence-corrected chi connectivity index (χ1v) is 9.34. The summed E-state index contributed by atoms with van der Waals surface area (Å²) in [6, 6.07) is 14.8. The van der Waals surface area contributed by atoms with Gasteiger partial charge in [-0.2, -0.15) is 5.10 Å². The van der Waals surface area contributed by atoms with Gasteiger partial charge in [-0.25, -0.2) is 13.6 Å². The van der Waals surface area contributed by atoms with E-state index < -0.39 is 23.5 Å². The van der Waals surface area contributed by atoms with Gasteiger partial charge in [0.1, 0.15) is 11.6 Å². The van der Waals surface area contributed by atoms with Crippen LogP contribution in [0.4, 0.5) is 14.6 Å². The van der Waals surface area contributed by atoms with Crippen LogP contribution < -0.4 is 5.32 Å². The van der Waals surface area contributed by atoms with Crippen molar-refractivity contribution in [3.8, 4) is 0 Å². The van der Waals surface area contributed by atoms with E-state index in [1.165, 1.54) is 43.5 Å². The van der Waals surface area contributed by atoms with E-state index in [2.05, 4.69) is 20.3 Å². The zero-order valence-electron chi connectivity index (χ0n) is 16.4. The molecule has 0 aliphatic heterocycles. The largest absolute Gasteiger partial charge is 0.465 e. The van der Waals surface area contributed by atoms with E-state index >= 15 is 0 Å². The maximum atomic E-state index is 13.5. The molecule has 0 saturated heterocycles. The minimum absolute atomic E-state index is 0.318. The minimum atomic E-state index is -0.634. The third-order valence-electron chi connectivity index (χ3n) is 4.76. The number of esters is 1. The second kappa shape index (κ2) is 8.35. The lowest BCUT2D eigenvalue weighted by atomic mass is 10.0. The molecule has 156 valence electrons. The Labute approximate surface area is 175 Å². The molecule has 0 unspecified atom stereocenters. The average molecular weight is 421 g/mol. The number of methoxy groups -OCH3 is 1. The van der Waals surface area contributed by atoms with Gasteiger partial charge in [-0.15, -0.1) is 0 Å². The number of benzene rings is 3. The first kappa shape index (κ1) is 20.2. The summed E-state index contributed by atoms with van der Waals surface area (Å²) in [6.07, 6.45) is 0.318. The molecular formula is C23H17F2N3O3. The molecule has 2 N–H and O–H groups in total. The molecule has 0 aliphatic rings. The van der Waals surface area contributed by atoms with Crippen LogP contribution in [0.2, 0.25) is 0 Å². The maximum Gasteiger partial charge on any atom is 0.337 e. The van der Waals surface area contributed by atoms with Crippen LogP contribution in [0.1, 0.15) is 31.8 Å². The molecule has 6 nitrogen and oxygen atoms in total. The lowest BCUT2D eigenvalue weighted by Crippen LogP contribution is -2.13. The Bertz CT molecular complexity index is 1260. The normalized spacial score (nSPS) is 10.8. The lowest BCUT2D eigenvalue weighted by molar-refractivity contribution is 0.0600. The Hall–Kier alpha value is -4.07. The Kier molecular flexibility index (Phi) is 5.44. The molecule has 0 saturated carbocycles. The number of halogens is 2. The predicted molar refractivity (Wildman–Crippen MR) is 111 cm³/mol. The molecule has 31 heavy (non-hydrogen) atoms. The number of nitrogens with zero attached hydrogens (tertiary/aromatic N) is 1. The topological polar surface area (TPSA) is 84.1 Å². The molecule has 0 radical (unpaired) electrons. The molecule has 0 aliphatic carbocycles. The van der Waals surface area contributed by atoms with Gasteiger partial charge < -0.3 is 10.1 Å². The average Bonchev–Trinajstić information content (AvgIpc) is 3.14. The van der Waals surface area contributed by atoms with Gasteiger partial charge in [0.25, 0.3) is 5.91 Å². The Morgan fingerprint density at radius 3 is 2.29 bits per heavy atom. The van der Waals surface area contributed by atoms with Crippen LogP contribution in [0.15, 0.2) is 60.7 Å². The minimum Gasteiger partial charge on any atom is -0.465 e. The van der Waals surface area contributed by atoms with Gasteiger partial charge >= 0.3 is 5.97 Å². The molecule has 3 aromatic carbocycles. The van der Waals surface area contributed by atoms with E-state index in [0.717, 1.165) is 11.6 Å². The quantitative estimate of drug-likeness (QED) is 0.466. The van der Waals surface area contributed by atoms with Crippen molar-refractivity contribution in [1.29, 1.82) is 0 Å². The number of aromatic amines is 1. The van der Waals surface area contributed by atoms with Gasteiger partial charge in [0.2, 0.25) is 0 Å². The number of ether oxygens (including phenoxy) is 1. The lowest BCUT2D eigenvalue weighted by Gasteiger charge is -2.06. The molecular weight excluding hydrogens is 404 g/mol. The van der Waals surface area contributed by atoms with Crippen LogP contribution >= 0.6 is 0 Å². The molecule has 1 amide bonds. The highest BCUT2D eigenvalue weighted by Gasteiger charge is 2.13. The van der Waals surface area contributed by atoms with Gasteiger partial charge in [-0.1, -0.05) is 6.07 Å². The number of hydrogen-bond acceptors (Lipinski definition) is 4. The van der Waals surface area contributed by atoms with Gasteiger partial charge in [0.15, 0.2) is 5.82 Å². The number of amides is 1. The fourth-order valence-electron chi connectivity index (χ4n) is 3.27. The number of nitrogens with one attached hydrogen (secondary N) is 2. The zero-order valence-corrected chi connectivity index (χ0v) is 16.4. The van der Waals surface area contributed by atoms with Crippen molar-refractivity contribution < 1.29 is 23.1 Å². The summed E-state index contributed by atoms with van der Waals surface area (Å²) in [5.74, 6) is -1.83. The van der Waals surface area contributed by atoms with E-state index in [1.54, 1.807) is 12.1 Å². The number of hydrogen-bond donors (Lipinski definition) is 2. The Morgan fingerprint density at radius 1 is 0.935 bits per heavy atom. The number of aromatic nitrogens is 2. The highest BCUT2D eigenvalue weighted by molar-refractivity contribution is 6.08. The van der Waals surface area contributed by atoms with Crippen LogP contribution in [-0.2, 0) is 11.2 Å². The fourth-order valence-corrected chi connectivity index (χ4v) is 3.27. The first-order chi connectivity index (χ1) is 14.9. The van der Waals surface area contributed by atoms with Crippen molar-refractivity contribution in [2.24, 2.45) is 0 Å². The molecule has 4 aromatic rings. The number of carbonyl (C=O) groups is 2. The molecule has 0 bridgehead atoms. The monoisotopic (exact) mass is 421 g/mol. The molecule has 0 fully saturated rings. The van der Waals surface area contributed by atoms with E-state index in [0.29, 0.717) is 39.8 Å². The van der Waals surface area contributed by atoms with Gasteiger partial charge in [0, 0.05) is 17.0 Å². The summed E-state index contributed by atoms with van der Waals surface area (Å²) in [4.78, 5) is 24.1. The SMILES string of the molecule is COC(=O)c1ccc(C(=O)Nc2n[nH]c3ccc(Cc4cc(F)cc(F)c4)cc23)cc1. The van der Waals surface area contributed by atoms with Crippen molar-refractivity contribution in [2.75, 3.05) is 12.4 Å². The summed E-state index contributed by atoms with van der Waals surface area (Å²) in [6.45, 7) is 0. The van der Waals surface area contributed by atoms with Crippen molar-refractivity contribution in [3.05, 3.63) is 94.6 Å². The summed E-state index contributed by atoms with van der Waals surface area (Å²) >= 11 is 0. The van der Waals surface area contributed by atoms with Crippen LogP contribution in [0, 0.1) is 11.6 Å². The van der Waals surface area contributed by atoms with E-state index in [-0.39, 0.29) is 0 Å². The number of fused-ring (bicyclic) bond motifs is 1. The van der Waals surface area contributed by atoms with Gasteiger partial charge in [-0.05, 0) is 66.1 Å². The summed E-state index contributed by atoms with van der Waals surface area (Å²) in [5.41, 5.74) is 2.68. The van der Waals surface area contributed by atoms with Crippen LogP contribution in [-0.4, -0.2) is 29.2 Å².